The smallest absolute Gasteiger partial charge is 0.268 e. The zero-order valence-corrected chi connectivity index (χ0v) is 16.0. The maximum absolute atomic E-state index is 10.5. The average molecular weight is 347 g/mol. The summed E-state index contributed by atoms with van der Waals surface area (Å²) in [6.45, 7) is 2.26. The Bertz CT molecular complexity index is 361. The summed E-state index contributed by atoms with van der Waals surface area (Å²) in [5.74, 6) is -0.258. The molecule has 0 saturated carbocycles. The molecule has 0 fully saturated rings. The largest absolute Gasteiger partial charge is 0.285 e. The van der Waals surface area contributed by atoms with E-state index in [1.54, 1.807) is 0 Å². The van der Waals surface area contributed by atoms with Crippen LogP contribution in [0.3, 0.4) is 0 Å². The Balaban J connectivity index is 3.11. The maximum Gasteiger partial charge on any atom is 0.268 e. The number of hydrogen-bond acceptors (Lipinski definition) is 2. The van der Waals surface area contributed by atoms with Gasteiger partial charge in [0.05, 0.1) is 5.75 Å². The highest BCUT2D eigenvalue weighted by Crippen LogP contribution is 2.13. The fourth-order valence-electron chi connectivity index (χ4n) is 2.76. The summed E-state index contributed by atoms with van der Waals surface area (Å²) in [6, 6.07) is 0. The molecule has 0 unspecified atom stereocenters. The van der Waals surface area contributed by atoms with Gasteiger partial charge in [-0.2, -0.15) is 8.42 Å². The lowest BCUT2D eigenvalue weighted by Crippen LogP contribution is -1.99. The quantitative estimate of drug-likeness (QED) is 0.191. The molecule has 0 spiro atoms. The lowest BCUT2D eigenvalue weighted by atomic mass is 10.0. The van der Waals surface area contributed by atoms with E-state index >= 15 is 0 Å². The van der Waals surface area contributed by atoms with Crippen molar-refractivity contribution in [3.8, 4) is 0 Å². The minimum absolute atomic E-state index is 0.258. The van der Waals surface area contributed by atoms with E-state index in [1.807, 2.05) is 6.08 Å². The Morgan fingerprint density at radius 3 is 1.43 bits per heavy atom. The maximum atomic E-state index is 10.5. The zero-order chi connectivity index (χ0) is 17.2. The Labute approximate surface area is 144 Å². The van der Waals surface area contributed by atoms with E-state index in [-0.39, 0.29) is 5.75 Å². The molecule has 0 aliphatic rings. The molecule has 0 rings (SSSR count). The Hall–Kier alpha value is -0.350. The van der Waals surface area contributed by atoms with Crippen molar-refractivity contribution >= 4 is 10.1 Å². The summed E-state index contributed by atoms with van der Waals surface area (Å²) in [4.78, 5) is 0. The van der Waals surface area contributed by atoms with E-state index < -0.39 is 10.1 Å². The van der Waals surface area contributed by atoms with Crippen molar-refractivity contribution in [2.45, 2.75) is 103 Å². The van der Waals surface area contributed by atoms with E-state index in [1.165, 1.54) is 89.5 Å². The van der Waals surface area contributed by atoms with E-state index in [2.05, 4.69) is 6.92 Å². The third kappa shape index (κ3) is 21.6. The first kappa shape index (κ1) is 22.6. The van der Waals surface area contributed by atoms with Crippen LogP contribution in [0.1, 0.15) is 103 Å². The Kier molecular flexibility index (Phi) is 16.3. The third-order valence-electron chi connectivity index (χ3n) is 4.20. The summed E-state index contributed by atoms with van der Waals surface area (Å²) >= 11 is 0. The van der Waals surface area contributed by atoms with Gasteiger partial charge in [0.25, 0.3) is 10.1 Å². The molecule has 0 atom stereocenters. The van der Waals surface area contributed by atoms with Crippen LogP contribution in [0.2, 0.25) is 0 Å². The van der Waals surface area contributed by atoms with E-state index in [9.17, 15) is 8.42 Å². The Morgan fingerprint density at radius 2 is 1.04 bits per heavy atom. The van der Waals surface area contributed by atoms with Crippen LogP contribution in [0, 0.1) is 0 Å². The molecule has 0 bridgehead atoms. The van der Waals surface area contributed by atoms with Crippen LogP contribution in [-0.2, 0) is 10.1 Å². The monoisotopic (exact) mass is 346 g/mol. The van der Waals surface area contributed by atoms with Gasteiger partial charge >= 0.3 is 0 Å². The van der Waals surface area contributed by atoms with Gasteiger partial charge in [-0.05, 0) is 12.8 Å². The van der Waals surface area contributed by atoms with Gasteiger partial charge in [0.1, 0.15) is 0 Å². The molecule has 1 N–H and O–H groups in total. The second kappa shape index (κ2) is 16.5. The molecular formula is C19H38O3S. The molecule has 0 saturated heterocycles. The first-order valence-electron chi connectivity index (χ1n) is 9.66. The molecule has 0 aliphatic heterocycles. The molecule has 3 nitrogen and oxygen atoms in total. The topological polar surface area (TPSA) is 54.4 Å². The molecule has 138 valence electrons. The average Bonchev–Trinajstić information content (AvgIpc) is 2.49. The minimum atomic E-state index is -3.83. The van der Waals surface area contributed by atoms with Crippen LogP contribution in [0.15, 0.2) is 12.2 Å². The van der Waals surface area contributed by atoms with Crippen molar-refractivity contribution in [3.05, 3.63) is 12.2 Å². The van der Waals surface area contributed by atoms with Crippen molar-refractivity contribution in [2.75, 3.05) is 5.75 Å². The standard InChI is InChI=1S/C19H38O3S/c1-2-3-4-5-6-7-8-9-10-11-12-13-14-15-16-17-18-19-23(20,21)22/h17-18H,2-16,19H2,1H3,(H,20,21,22)/b18-17+. The van der Waals surface area contributed by atoms with Gasteiger partial charge in [0.15, 0.2) is 0 Å². The first-order chi connectivity index (χ1) is 11.1. The van der Waals surface area contributed by atoms with Crippen molar-refractivity contribution in [2.24, 2.45) is 0 Å². The molecule has 0 radical (unpaired) electrons. The molecule has 0 aromatic rings. The number of hydrogen-bond donors (Lipinski definition) is 1. The predicted octanol–water partition coefficient (Wildman–Crippen LogP) is 6.30. The summed E-state index contributed by atoms with van der Waals surface area (Å²) < 4.78 is 29.6. The molecule has 0 aliphatic carbocycles. The van der Waals surface area contributed by atoms with E-state index in [4.69, 9.17) is 4.55 Å². The number of unbranched alkanes of at least 4 members (excludes halogenated alkanes) is 14. The fraction of sp³-hybridized carbons (Fsp3) is 0.895. The van der Waals surface area contributed by atoms with Crippen LogP contribution in [0.5, 0.6) is 0 Å². The van der Waals surface area contributed by atoms with Crippen LogP contribution >= 0.6 is 0 Å². The Morgan fingerprint density at radius 1 is 0.652 bits per heavy atom. The summed E-state index contributed by atoms with van der Waals surface area (Å²) in [5, 5.41) is 0. The molecule has 0 heterocycles. The summed E-state index contributed by atoms with van der Waals surface area (Å²) in [7, 11) is -3.83. The van der Waals surface area contributed by atoms with Crippen LogP contribution in [0.25, 0.3) is 0 Å². The van der Waals surface area contributed by atoms with Crippen LogP contribution in [-0.4, -0.2) is 18.7 Å². The van der Waals surface area contributed by atoms with Crippen molar-refractivity contribution < 1.29 is 13.0 Å². The summed E-state index contributed by atoms with van der Waals surface area (Å²) in [5.41, 5.74) is 0. The van der Waals surface area contributed by atoms with Gasteiger partial charge in [-0.15, -0.1) is 0 Å². The molecular weight excluding hydrogens is 308 g/mol. The van der Waals surface area contributed by atoms with Gasteiger partial charge in [0.2, 0.25) is 0 Å². The third-order valence-corrected chi connectivity index (χ3v) is 4.81. The van der Waals surface area contributed by atoms with Crippen molar-refractivity contribution in [1.29, 1.82) is 0 Å². The highest BCUT2D eigenvalue weighted by molar-refractivity contribution is 7.85. The highest BCUT2D eigenvalue weighted by Gasteiger charge is 1.98. The minimum Gasteiger partial charge on any atom is -0.285 e. The normalized spacial score (nSPS) is 12.3. The number of allylic oxidation sites excluding steroid dienone is 1. The number of rotatable bonds is 17. The van der Waals surface area contributed by atoms with Gasteiger partial charge in [-0.1, -0.05) is 103 Å². The van der Waals surface area contributed by atoms with Gasteiger partial charge < -0.3 is 0 Å². The van der Waals surface area contributed by atoms with Crippen molar-refractivity contribution in [3.63, 3.8) is 0 Å². The van der Waals surface area contributed by atoms with E-state index in [0.717, 1.165) is 12.8 Å². The molecule has 23 heavy (non-hydrogen) atoms. The van der Waals surface area contributed by atoms with Gasteiger partial charge in [0, 0.05) is 0 Å². The SMILES string of the molecule is CCCCCCCCCCCCCCCC/C=C/CS(=O)(=O)O. The van der Waals surface area contributed by atoms with Crippen molar-refractivity contribution in [1.82, 2.24) is 0 Å². The molecule has 0 amide bonds. The molecule has 0 aromatic carbocycles. The predicted molar refractivity (Wildman–Crippen MR) is 100 cm³/mol. The second-order valence-electron chi connectivity index (χ2n) is 6.60. The van der Waals surface area contributed by atoms with E-state index in [0.29, 0.717) is 0 Å². The van der Waals surface area contributed by atoms with Gasteiger partial charge in [-0.3, -0.25) is 4.55 Å². The second-order valence-corrected chi connectivity index (χ2v) is 8.10. The molecule has 4 heteroatoms. The molecule has 0 aromatic heterocycles. The first-order valence-corrected chi connectivity index (χ1v) is 11.3. The van der Waals surface area contributed by atoms with Crippen LogP contribution < -0.4 is 0 Å². The fourth-order valence-corrected chi connectivity index (χ4v) is 3.14. The lowest BCUT2D eigenvalue weighted by Gasteiger charge is -2.02. The summed E-state index contributed by atoms with van der Waals surface area (Å²) in [6.07, 6.45) is 23.2. The highest BCUT2D eigenvalue weighted by atomic mass is 32.2. The zero-order valence-electron chi connectivity index (χ0n) is 15.1. The lowest BCUT2D eigenvalue weighted by molar-refractivity contribution is 0.486. The van der Waals surface area contributed by atoms with Crippen LogP contribution in [0.4, 0.5) is 0 Å². The van der Waals surface area contributed by atoms with Gasteiger partial charge in [-0.25, -0.2) is 0 Å².